The van der Waals surface area contributed by atoms with Crippen molar-refractivity contribution in [2.75, 3.05) is 5.32 Å². The number of halogens is 1. The second kappa shape index (κ2) is 4.00. The Hall–Kier alpha value is -1.61. The van der Waals surface area contributed by atoms with Crippen LogP contribution in [0.3, 0.4) is 0 Å². The smallest absolute Gasteiger partial charge is 0.227 e. The molecule has 1 aliphatic carbocycles. The van der Waals surface area contributed by atoms with E-state index in [-0.39, 0.29) is 11.8 Å². The van der Waals surface area contributed by atoms with Crippen molar-refractivity contribution >= 4 is 34.1 Å². The molecule has 1 heterocycles. The van der Waals surface area contributed by atoms with Crippen LogP contribution < -0.4 is 5.32 Å². The molecule has 1 N–H and O–H groups in total. The number of hydrogen-bond donors (Lipinski definition) is 1. The molecule has 1 fully saturated rings. The Morgan fingerprint density at radius 3 is 2.94 bits per heavy atom. The molecule has 1 aliphatic rings. The van der Waals surface area contributed by atoms with Crippen LogP contribution in [0.1, 0.15) is 12.8 Å². The number of pyridine rings is 1. The van der Waals surface area contributed by atoms with E-state index >= 15 is 0 Å². The van der Waals surface area contributed by atoms with Crippen molar-refractivity contribution in [2.24, 2.45) is 5.92 Å². The predicted molar refractivity (Wildman–Crippen MR) is 68.1 cm³/mol. The molecule has 3 nitrogen and oxygen atoms in total. The third-order valence-corrected chi connectivity index (χ3v) is 3.25. The fourth-order valence-corrected chi connectivity index (χ4v) is 2.03. The maximum Gasteiger partial charge on any atom is 0.227 e. The van der Waals surface area contributed by atoms with Gasteiger partial charge in [0, 0.05) is 17.5 Å². The van der Waals surface area contributed by atoms with Crippen LogP contribution in [0.25, 0.3) is 10.9 Å². The summed E-state index contributed by atoms with van der Waals surface area (Å²) in [4.78, 5) is 16.0. The second-order valence-electron chi connectivity index (χ2n) is 4.26. The number of carbonyl (C=O) groups excluding carboxylic acids is 1. The number of benzene rings is 1. The maximum absolute atomic E-state index is 11.7. The van der Waals surface area contributed by atoms with E-state index in [0.717, 1.165) is 29.4 Å². The van der Waals surface area contributed by atoms with E-state index in [0.29, 0.717) is 5.02 Å². The topological polar surface area (TPSA) is 42.0 Å². The average Bonchev–Trinajstić information content (AvgIpc) is 3.17. The molecule has 0 aliphatic heterocycles. The molecule has 0 spiro atoms. The van der Waals surface area contributed by atoms with Gasteiger partial charge in [-0.1, -0.05) is 11.6 Å². The van der Waals surface area contributed by atoms with E-state index in [4.69, 9.17) is 11.6 Å². The highest BCUT2D eigenvalue weighted by molar-refractivity contribution is 6.35. The lowest BCUT2D eigenvalue weighted by atomic mass is 10.2. The minimum absolute atomic E-state index is 0.0827. The first kappa shape index (κ1) is 10.5. The second-order valence-corrected chi connectivity index (χ2v) is 4.67. The Balaban J connectivity index is 2.03. The summed E-state index contributed by atoms with van der Waals surface area (Å²) in [6.45, 7) is 0. The maximum atomic E-state index is 11.7. The summed E-state index contributed by atoms with van der Waals surface area (Å²) in [5.41, 5.74) is 1.48. The largest absolute Gasteiger partial charge is 0.324 e. The zero-order valence-electron chi connectivity index (χ0n) is 9.11. The van der Waals surface area contributed by atoms with E-state index in [1.54, 1.807) is 18.3 Å². The third-order valence-electron chi connectivity index (χ3n) is 2.92. The standard InChI is InChI=1S/C13H11ClN2O/c14-10-5-6-11(16-13(17)8-3-4-8)12-9(10)2-1-7-15-12/h1-2,5-8H,3-4H2,(H,16,17). The van der Waals surface area contributed by atoms with Gasteiger partial charge in [-0.25, -0.2) is 0 Å². The van der Waals surface area contributed by atoms with Crippen molar-refractivity contribution in [3.63, 3.8) is 0 Å². The van der Waals surface area contributed by atoms with E-state index in [9.17, 15) is 4.79 Å². The lowest BCUT2D eigenvalue weighted by molar-refractivity contribution is -0.117. The van der Waals surface area contributed by atoms with Gasteiger partial charge in [0.05, 0.1) is 16.2 Å². The number of amides is 1. The summed E-state index contributed by atoms with van der Waals surface area (Å²) in [6, 6.07) is 7.32. The van der Waals surface area contributed by atoms with Crippen LogP contribution in [0.5, 0.6) is 0 Å². The molecule has 1 saturated carbocycles. The Kier molecular flexibility index (Phi) is 2.48. The lowest BCUT2D eigenvalue weighted by Crippen LogP contribution is -2.13. The van der Waals surface area contributed by atoms with Crippen LogP contribution in [0.4, 0.5) is 5.69 Å². The quantitative estimate of drug-likeness (QED) is 0.884. The van der Waals surface area contributed by atoms with Gasteiger partial charge in [-0.3, -0.25) is 9.78 Å². The SMILES string of the molecule is O=C(Nc1ccc(Cl)c2cccnc12)C1CC1. The first-order valence-electron chi connectivity index (χ1n) is 5.60. The summed E-state index contributed by atoms with van der Waals surface area (Å²) < 4.78 is 0. The first-order valence-corrected chi connectivity index (χ1v) is 5.97. The van der Waals surface area contributed by atoms with Crippen molar-refractivity contribution in [1.29, 1.82) is 0 Å². The lowest BCUT2D eigenvalue weighted by Gasteiger charge is -2.08. The average molecular weight is 247 g/mol. The zero-order valence-corrected chi connectivity index (χ0v) is 9.87. The Morgan fingerprint density at radius 2 is 2.18 bits per heavy atom. The minimum atomic E-state index is 0.0827. The molecule has 3 rings (SSSR count). The van der Waals surface area contributed by atoms with Crippen LogP contribution in [0, 0.1) is 5.92 Å². The van der Waals surface area contributed by atoms with Gasteiger partial charge < -0.3 is 5.32 Å². The summed E-state index contributed by atoms with van der Waals surface area (Å²) in [5, 5.41) is 4.43. The van der Waals surface area contributed by atoms with Crippen molar-refractivity contribution < 1.29 is 4.79 Å². The molecular formula is C13H11ClN2O. The number of anilines is 1. The Bertz CT molecular complexity index is 593. The molecule has 86 valence electrons. The van der Waals surface area contributed by atoms with Crippen LogP contribution in [0.2, 0.25) is 5.02 Å². The highest BCUT2D eigenvalue weighted by Crippen LogP contribution is 2.32. The number of aromatic nitrogens is 1. The van der Waals surface area contributed by atoms with Crippen LogP contribution in [0.15, 0.2) is 30.5 Å². The van der Waals surface area contributed by atoms with Gasteiger partial charge in [-0.15, -0.1) is 0 Å². The van der Waals surface area contributed by atoms with Gasteiger partial charge in [0.2, 0.25) is 5.91 Å². The van der Waals surface area contributed by atoms with Crippen molar-refractivity contribution in [1.82, 2.24) is 4.98 Å². The molecule has 0 atom stereocenters. The van der Waals surface area contributed by atoms with Gasteiger partial charge in [0.15, 0.2) is 0 Å². The highest BCUT2D eigenvalue weighted by Gasteiger charge is 2.29. The summed E-state index contributed by atoms with van der Waals surface area (Å²) >= 11 is 6.09. The van der Waals surface area contributed by atoms with Gasteiger partial charge in [0.25, 0.3) is 0 Å². The van der Waals surface area contributed by atoms with Crippen molar-refractivity contribution in [3.05, 3.63) is 35.5 Å². The van der Waals surface area contributed by atoms with E-state index in [2.05, 4.69) is 10.3 Å². The molecule has 1 aromatic carbocycles. The van der Waals surface area contributed by atoms with Gasteiger partial charge in [0.1, 0.15) is 0 Å². The fourth-order valence-electron chi connectivity index (χ4n) is 1.82. The van der Waals surface area contributed by atoms with E-state index in [1.165, 1.54) is 0 Å². The molecule has 17 heavy (non-hydrogen) atoms. The molecule has 1 aromatic heterocycles. The number of nitrogens with one attached hydrogen (secondary N) is 1. The molecule has 1 amide bonds. The number of fused-ring (bicyclic) bond motifs is 1. The van der Waals surface area contributed by atoms with Gasteiger partial charge in [-0.2, -0.15) is 0 Å². The molecule has 4 heteroatoms. The van der Waals surface area contributed by atoms with E-state index < -0.39 is 0 Å². The zero-order chi connectivity index (χ0) is 11.8. The summed E-state index contributed by atoms with van der Waals surface area (Å²) in [5.74, 6) is 0.267. The summed E-state index contributed by atoms with van der Waals surface area (Å²) in [7, 11) is 0. The van der Waals surface area contributed by atoms with Crippen LogP contribution in [-0.2, 0) is 4.79 Å². The molecular weight excluding hydrogens is 236 g/mol. The Morgan fingerprint density at radius 1 is 1.35 bits per heavy atom. The normalized spacial score (nSPS) is 14.9. The molecule has 0 saturated heterocycles. The molecule has 0 radical (unpaired) electrons. The molecule has 0 bridgehead atoms. The predicted octanol–water partition coefficient (Wildman–Crippen LogP) is 3.24. The highest BCUT2D eigenvalue weighted by atomic mass is 35.5. The monoisotopic (exact) mass is 246 g/mol. The third kappa shape index (κ3) is 1.98. The summed E-state index contributed by atoms with van der Waals surface area (Å²) in [6.07, 6.45) is 3.68. The minimum Gasteiger partial charge on any atom is -0.324 e. The first-order chi connectivity index (χ1) is 8.25. The number of rotatable bonds is 2. The van der Waals surface area contributed by atoms with Gasteiger partial charge in [-0.05, 0) is 37.1 Å². The fraction of sp³-hybridized carbons (Fsp3) is 0.231. The van der Waals surface area contributed by atoms with Crippen LogP contribution >= 0.6 is 11.6 Å². The molecule has 2 aromatic rings. The number of hydrogen-bond acceptors (Lipinski definition) is 2. The van der Waals surface area contributed by atoms with Crippen LogP contribution in [-0.4, -0.2) is 10.9 Å². The van der Waals surface area contributed by atoms with Crippen molar-refractivity contribution in [2.45, 2.75) is 12.8 Å². The van der Waals surface area contributed by atoms with Gasteiger partial charge >= 0.3 is 0 Å². The number of carbonyl (C=O) groups is 1. The van der Waals surface area contributed by atoms with E-state index in [1.807, 2.05) is 12.1 Å². The Labute approximate surface area is 104 Å². The van der Waals surface area contributed by atoms with Crippen molar-refractivity contribution in [3.8, 4) is 0 Å². The number of nitrogens with zero attached hydrogens (tertiary/aromatic N) is 1. The molecule has 0 unspecified atom stereocenters.